The van der Waals surface area contributed by atoms with Gasteiger partial charge in [-0.1, -0.05) is 6.07 Å². The molecule has 0 saturated carbocycles. The highest BCUT2D eigenvalue weighted by Crippen LogP contribution is 2.22. The molecule has 26 heavy (non-hydrogen) atoms. The number of carbonyl (C=O) groups is 2. The fourth-order valence-electron chi connectivity index (χ4n) is 3.23. The average Bonchev–Trinajstić information content (AvgIpc) is 3.00. The van der Waals surface area contributed by atoms with Crippen LogP contribution in [0, 0.1) is 0 Å². The fourth-order valence-corrected chi connectivity index (χ4v) is 4.03. The largest absolute Gasteiger partial charge is 0.336 e. The maximum absolute atomic E-state index is 12.5. The second-order valence-electron chi connectivity index (χ2n) is 6.54. The molecule has 1 aromatic rings. The van der Waals surface area contributed by atoms with Gasteiger partial charge >= 0.3 is 12.1 Å². The number of hydrogen-bond acceptors (Lipinski definition) is 4. The minimum atomic E-state index is -3.30. The number of piperidine rings is 1. The second kappa shape index (κ2) is 7.50. The van der Waals surface area contributed by atoms with Crippen LogP contribution >= 0.6 is 0 Å². The quantitative estimate of drug-likeness (QED) is 0.715. The van der Waals surface area contributed by atoms with Crippen molar-refractivity contribution in [1.29, 1.82) is 0 Å². The van der Waals surface area contributed by atoms with Crippen molar-refractivity contribution in [2.75, 3.05) is 42.7 Å². The van der Waals surface area contributed by atoms with Crippen molar-refractivity contribution in [3.05, 3.63) is 24.3 Å². The number of hydrogen-bond donors (Lipinski definition) is 3. The van der Waals surface area contributed by atoms with E-state index in [2.05, 4.69) is 15.4 Å². The summed E-state index contributed by atoms with van der Waals surface area (Å²) in [6, 6.07) is 6.38. The Morgan fingerprint density at radius 2 is 2.12 bits per heavy atom. The van der Waals surface area contributed by atoms with Crippen molar-refractivity contribution in [2.45, 2.75) is 18.9 Å². The van der Waals surface area contributed by atoms with Crippen LogP contribution in [-0.4, -0.2) is 63.9 Å². The van der Waals surface area contributed by atoms with E-state index >= 15 is 0 Å². The summed E-state index contributed by atoms with van der Waals surface area (Å²) in [6.45, 7) is 2.08. The number of nitrogens with zero attached hydrogens (tertiary/aromatic N) is 2. The van der Waals surface area contributed by atoms with E-state index < -0.39 is 10.0 Å². The number of rotatable bonds is 4. The topological polar surface area (TPSA) is 111 Å². The minimum absolute atomic E-state index is 0.154. The van der Waals surface area contributed by atoms with E-state index in [-0.39, 0.29) is 18.1 Å². The van der Waals surface area contributed by atoms with Gasteiger partial charge in [0, 0.05) is 43.6 Å². The highest BCUT2D eigenvalue weighted by Gasteiger charge is 2.26. The van der Waals surface area contributed by atoms with E-state index in [0.717, 1.165) is 12.7 Å². The van der Waals surface area contributed by atoms with Gasteiger partial charge in [-0.2, -0.15) is 0 Å². The molecule has 2 aliphatic heterocycles. The molecule has 0 spiro atoms. The first-order chi connectivity index (χ1) is 12.3. The Labute approximate surface area is 152 Å². The zero-order valence-corrected chi connectivity index (χ0v) is 15.4. The third-order valence-electron chi connectivity index (χ3n) is 4.36. The molecular formula is C16H23N5O4S. The van der Waals surface area contributed by atoms with Gasteiger partial charge in [0.25, 0.3) is 0 Å². The molecule has 0 radical (unpaired) electrons. The lowest BCUT2D eigenvalue weighted by molar-refractivity contribution is 0.190. The number of carbonyl (C=O) groups excluding carboxylic acids is 2. The molecule has 3 rings (SSSR count). The van der Waals surface area contributed by atoms with Crippen LogP contribution in [0.5, 0.6) is 0 Å². The lowest BCUT2D eigenvalue weighted by Gasteiger charge is -2.32. The Balaban J connectivity index is 1.63. The highest BCUT2D eigenvalue weighted by atomic mass is 32.2. The van der Waals surface area contributed by atoms with Gasteiger partial charge in [0.2, 0.25) is 10.0 Å². The molecule has 1 atom stereocenters. The fraction of sp³-hybridized carbons (Fsp3) is 0.500. The molecule has 0 aliphatic carbocycles. The van der Waals surface area contributed by atoms with Crippen molar-refractivity contribution in [1.82, 2.24) is 14.9 Å². The predicted molar refractivity (Wildman–Crippen MR) is 98.8 cm³/mol. The number of benzene rings is 1. The molecule has 0 aromatic heterocycles. The lowest BCUT2D eigenvalue weighted by Crippen LogP contribution is -2.50. The van der Waals surface area contributed by atoms with Gasteiger partial charge in [-0.05, 0) is 31.0 Å². The number of urea groups is 2. The molecule has 3 N–H and O–H groups in total. The Bertz CT molecular complexity index is 798. The molecule has 1 aromatic carbocycles. The van der Waals surface area contributed by atoms with Gasteiger partial charge in [-0.15, -0.1) is 0 Å². The minimum Gasteiger partial charge on any atom is -0.336 e. The smallest absolute Gasteiger partial charge is 0.321 e. The Morgan fingerprint density at radius 1 is 1.31 bits per heavy atom. The van der Waals surface area contributed by atoms with Crippen molar-refractivity contribution < 1.29 is 18.0 Å². The number of amides is 4. The summed E-state index contributed by atoms with van der Waals surface area (Å²) in [6.07, 6.45) is 2.55. The summed E-state index contributed by atoms with van der Waals surface area (Å²) in [5.74, 6) is 0. The molecule has 2 aliphatic rings. The Hall–Kier alpha value is -2.33. The van der Waals surface area contributed by atoms with Crippen molar-refractivity contribution in [3.63, 3.8) is 0 Å². The molecule has 0 bridgehead atoms. The first-order valence-corrected chi connectivity index (χ1v) is 10.4. The molecular weight excluding hydrogens is 358 g/mol. The SMILES string of the molecule is CS(=O)(=O)NC1CCCN(C(=O)Nc2cccc(N3CCNC3=O)c2)C1. The van der Waals surface area contributed by atoms with Crippen molar-refractivity contribution in [2.24, 2.45) is 0 Å². The van der Waals surface area contributed by atoms with Gasteiger partial charge < -0.3 is 15.5 Å². The Kier molecular flexibility index (Phi) is 5.33. The lowest BCUT2D eigenvalue weighted by atomic mass is 10.1. The summed E-state index contributed by atoms with van der Waals surface area (Å²) in [7, 11) is -3.30. The van der Waals surface area contributed by atoms with Crippen molar-refractivity contribution >= 4 is 33.5 Å². The van der Waals surface area contributed by atoms with E-state index in [1.54, 1.807) is 28.0 Å². The first-order valence-electron chi connectivity index (χ1n) is 8.50. The normalized spacial score (nSPS) is 20.8. The molecule has 4 amide bonds. The third kappa shape index (κ3) is 4.64. The van der Waals surface area contributed by atoms with Gasteiger partial charge in [-0.3, -0.25) is 4.90 Å². The van der Waals surface area contributed by atoms with Crippen LogP contribution in [0.15, 0.2) is 24.3 Å². The van der Waals surface area contributed by atoms with Gasteiger partial charge in [0.15, 0.2) is 0 Å². The summed E-state index contributed by atoms with van der Waals surface area (Å²) >= 11 is 0. The molecule has 1 unspecified atom stereocenters. The average molecular weight is 381 g/mol. The van der Waals surface area contributed by atoms with Gasteiger partial charge in [0.05, 0.1) is 6.26 Å². The molecule has 2 fully saturated rings. The van der Waals surface area contributed by atoms with Crippen LogP contribution in [0.3, 0.4) is 0 Å². The number of nitrogens with one attached hydrogen (secondary N) is 3. The van der Waals surface area contributed by atoms with Crippen LogP contribution in [0.25, 0.3) is 0 Å². The zero-order valence-electron chi connectivity index (χ0n) is 14.6. The first kappa shape index (κ1) is 18.5. The Morgan fingerprint density at radius 3 is 2.81 bits per heavy atom. The van der Waals surface area contributed by atoms with E-state index in [1.807, 2.05) is 6.07 Å². The van der Waals surface area contributed by atoms with Crippen LogP contribution in [0.4, 0.5) is 21.0 Å². The maximum Gasteiger partial charge on any atom is 0.321 e. The standard InChI is InChI=1S/C16H23N5O4S/c1-26(24,25)19-13-5-3-8-20(11-13)16(23)18-12-4-2-6-14(10-12)21-9-7-17-15(21)22/h2,4,6,10,13,19H,3,5,7-9,11H2,1H3,(H,17,22)(H,18,23). The van der Waals surface area contributed by atoms with Crippen molar-refractivity contribution in [3.8, 4) is 0 Å². The van der Waals surface area contributed by atoms with Crippen LogP contribution in [-0.2, 0) is 10.0 Å². The number of anilines is 2. The zero-order chi connectivity index (χ0) is 18.7. The van der Waals surface area contributed by atoms with Crippen LogP contribution in [0.1, 0.15) is 12.8 Å². The summed E-state index contributed by atoms with van der Waals surface area (Å²) < 4.78 is 25.3. The molecule has 2 saturated heterocycles. The van der Waals surface area contributed by atoms with E-state index in [9.17, 15) is 18.0 Å². The molecule has 142 valence electrons. The second-order valence-corrected chi connectivity index (χ2v) is 8.32. The number of sulfonamides is 1. The van der Waals surface area contributed by atoms with E-state index in [0.29, 0.717) is 44.0 Å². The van der Waals surface area contributed by atoms with Crippen LogP contribution in [0.2, 0.25) is 0 Å². The van der Waals surface area contributed by atoms with Gasteiger partial charge in [-0.25, -0.2) is 22.7 Å². The maximum atomic E-state index is 12.5. The van der Waals surface area contributed by atoms with E-state index in [4.69, 9.17) is 0 Å². The molecule has 9 nitrogen and oxygen atoms in total. The summed E-state index contributed by atoms with van der Waals surface area (Å²) in [4.78, 5) is 27.5. The summed E-state index contributed by atoms with van der Waals surface area (Å²) in [5.41, 5.74) is 1.30. The monoisotopic (exact) mass is 381 g/mol. The third-order valence-corrected chi connectivity index (χ3v) is 5.12. The van der Waals surface area contributed by atoms with Gasteiger partial charge in [0.1, 0.15) is 0 Å². The molecule has 10 heteroatoms. The van der Waals surface area contributed by atoms with Crippen LogP contribution < -0.4 is 20.3 Å². The predicted octanol–water partition coefficient (Wildman–Crippen LogP) is 0.762. The van der Waals surface area contributed by atoms with E-state index in [1.165, 1.54) is 0 Å². The highest BCUT2D eigenvalue weighted by molar-refractivity contribution is 7.88. The number of likely N-dealkylation sites (tertiary alicyclic amines) is 1. The molecule has 2 heterocycles. The summed E-state index contributed by atoms with van der Waals surface area (Å²) in [5, 5.41) is 5.56.